The standard InChI is InChI=1S/C7H6F2IN3O/c8-6(9)5-3(7(12)14)4(11)2(10)1-13-5/h1,6H,(H2,11,13)(H2,12,14). The van der Waals surface area contributed by atoms with Crippen molar-refractivity contribution >= 4 is 34.2 Å². The number of nitrogens with two attached hydrogens (primary N) is 2. The highest BCUT2D eigenvalue weighted by atomic mass is 127. The van der Waals surface area contributed by atoms with Gasteiger partial charge < -0.3 is 11.5 Å². The number of carbonyl (C=O) groups excluding carboxylic acids is 1. The molecule has 1 aromatic rings. The maximum absolute atomic E-state index is 12.4. The number of rotatable bonds is 2. The quantitative estimate of drug-likeness (QED) is 0.808. The number of amides is 1. The molecule has 0 aromatic carbocycles. The molecule has 76 valence electrons. The summed E-state index contributed by atoms with van der Waals surface area (Å²) < 4.78 is 25.2. The minimum atomic E-state index is -2.86. The molecule has 0 saturated carbocycles. The van der Waals surface area contributed by atoms with E-state index in [0.29, 0.717) is 3.57 Å². The molecular formula is C7H6F2IN3O. The molecule has 1 aromatic heterocycles. The van der Waals surface area contributed by atoms with Crippen LogP contribution in [0.4, 0.5) is 14.5 Å². The average molecular weight is 313 g/mol. The Morgan fingerprint density at radius 3 is 2.57 bits per heavy atom. The first-order valence-electron chi connectivity index (χ1n) is 3.47. The second-order valence-corrected chi connectivity index (χ2v) is 3.61. The van der Waals surface area contributed by atoms with Crippen LogP contribution >= 0.6 is 22.6 Å². The molecule has 14 heavy (non-hydrogen) atoms. The number of anilines is 1. The van der Waals surface area contributed by atoms with Crippen LogP contribution in [0.2, 0.25) is 0 Å². The first-order valence-corrected chi connectivity index (χ1v) is 4.54. The second-order valence-electron chi connectivity index (χ2n) is 2.44. The molecule has 7 heteroatoms. The number of hydrogen-bond acceptors (Lipinski definition) is 3. The third-order valence-corrected chi connectivity index (χ3v) is 2.41. The summed E-state index contributed by atoms with van der Waals surface area (Å²) in [6.45, 7) is 0. The highest BCUT2D eigenvalue weighted by Gasteiger charge is 2.22. The zero-order valence-corrected chi connectivity index (χ0v) is 8.96. The molecule has 1 rings (SSSR count). The van der Waals surface area contributed by atoms with Crippen molar-refractivity contribution in [1.82, 2.24) is 4.98 Å². The van der Waals surface area contributed by atoms with E-state index in [2.05, 4.69) is 4.98 Å². The fraction of sp³-hybridized carbons (Fsp3) is 0.143. The highest BCUT2D eigenvalue weighted by molar-refractivity contribution is 14.1. The van der Waals surface area contributed by atoms with Crippen molar-refractivity contribution in [2.75, 3.05) is 5.73 Å². The maximum Gasteiger partial charge on any atom is 0.281 e. The van der Waals surface area contributed by atoms with Crippen molar-refractivity contribution in [1.29, 1.82) is 0 Å². The van der Waals surface area contributed by atoms with Gasteiger partial charge in [-0.25, -0.2) is 8.78 Å². The normalized spacial score (nSPS) is 10.6. The Morgan fingerprint density at radius 2 is 2.14 bits per heavy atom. The molecule has 0 unspecified atom stereocenters. The minimum Gasteiger partial charge on any atom is -0.397 e. The van der Waals surface area contributed by atoms with Crippen molar-refractivity contribution in [2.24, 2.45) is 5.73 Å². The van der Waals surface area contributed by atoms with Gasteiger partial charge in [-0.1, -0.05) is 0 Å². The molecule has 0 aliphatic heterocycles. The van der Waals surface area contributed by atoms with Crippen LogP contribution in [0.15, 0.2) is 6.20 Å². The number of halogens is 3. The van der Waals surface area contributed by atoms with Crippen LogP contribution in [-0.2, 0) is 0 Å². The summed E-state index contributed by atoms with van der Waals surface area (Å²) in [7, 11) is 0. The Balaban J connectivity index is 3.45. The Morgan fingerprint density at radius 1 is 1.57 bits per heavy atom. The monoisotopic (exact) mass is 313 g/mol. The van der Waals surface area contributed by atoms with Crippen LogP contribution < -0.4 is 11.5 Å². The van der Waals surface area contributed by atoms with Crippen LogP contribution in [0.3, 0.4) is 0 Å². The summed E-state index contributed by atoms with van der Waals surface area (Å²) in [6.07, 6.45) is -1.69. The lowest BCUT2D eigenvalue weighted by atomic mass is 10.1. The van der Waals surface area contributed by atoms with E-state index in [0.717, 1.165) is 0 Å². The average Bonchev–Trinajstić information content (AvgIpc) is 2.08. The third-order valence-electron chi connectivity index (χ3n) is 1.55. The summed E-state index contributed by atoms with van der Waals surface area (Å²) in [5.41, 5.74) is 9.25. The fourth-order valence-corrected chi connectivity index (χ4v) is 1.35. The number of hydrogen-bond donors (Lipinski definition) is 2. The minimum absolute atomic E-state index is 0.0524. The van der Waals surface area contributed by atoms with Gasteiger partial charge in [-0.3, -0.25) is 9.78 Å². The number of primary amides is 1. The molecule has 0 atom stereocenters. The molecule has 0 spiro atoms. The molecule has 0 saturated heterocycles. The second kappa shape index (κ2) is 4.03. The maximum atomic E-state index is 12.4. The van der Waals surface area contributed by atoms with E-state index in [9.17, 15) is 13.6 Å². The molecule has 0 bridgehead atoms. The van der Waals surface area contributed by atoms with Crippen LogP contribution in [-0.4, -0.2) is 10.9 Å². The Hall–Kier alpha value is -0.990. The predicted octanol–water partition coefficient (Wildman–Crippen LogP) is 1.30. The van der Waals surface area contributed by atoms with Crippen molar-refractivity contribution in [3.63, 3.8) is 0 Å². The first-order chi connectivity index (χ1) is 6.45. The van der Waals surface area contributed by atoms with E-state index in [1.54, 1.807) is 22.6 Å². The van der Waals surface area contributed by atoms with E-state index in [-0.39, 0.29) is 5.69 Å². The molecular weight excluding hydrogens is 307 g/mol. The molecule has 0 radical (unpaired) electrons. The lowest BCUT2D eigenvalue weighted by molar-refractivity contribution is 0.0984. The first kappa shape index (κ1) is 11.1. The van der Waals surface area contributed by atoms with E-state index in [4.69, 9.17) is 11.5 Å². The number of alkyl halides is 2. The lowest BCUT2D eigenvalue weighted by Gasteiger charge is -2.08. The van der Waals surface area contributed by atoms with Gasteiger partial charge in [-0.15, -0.1) is 0 Å². The van der Waals surface area contributed by atoms with Gasteiger partial charge in [0.15, 0.2) is 0 Å². The van der Waals surface area contributed by atoms with Crippen molar-refractivity contribution in [3.05, 3.63) is 21.0 Å². The fourth-order valence-electron chi connectivity index (χ4n) is 0.942. The Kier molecular flexibility index (Phi) is 3.19. The molecule has 0 aliphatic rings. The molecule has 1 heterocycles. The van der Waals surface area contributed by atoms with E-state index < -0.39 is 23.6 Å². The van der Waals surface area contributed by atoms with Crippen molar-refractivity contribution in [2.45, 2.75) is 6.43 Å². The van der Waals surface area contributed by atoms with Crippen LogP contribution in [0, 0.1) is 3.57 Å². The lowest BCUT2D eigenvalue weighted by Crippen LogP contribution is -2.18. The number of aromatic nitrogens is 1. The predicted molar refractivity (Wildman–Crippen MR) is 54.8 cm³/mol. The Bertz CT molecular complexity index is 383. The summed E-state index contributed by atoms with van der Waals surface area (Å²) >= 11 is 1.78. The summed E-state index contributed by atoms with van der Waals surface area (Å²) in [4.78, 5) is 14.3. The molecule has 0 aliphatic carbocycles. The molecule has 4 nitrogen and oxygen atoms in total. The van der Waals surface area contributed by atoms with Crippen LogP contribution in [0.5, 0.6) is 0 Å². The van der Waals surface area contributed by atoms with Gasteiger partial charge in [0, 0.05) is 6.20 Å². The van der Waals surface area contributed by atoms with Gasteiger partial charge >= 0.3 is 0 Å². The number of nitrogens with zero attached hydrogens (tertiary/aromatic N) is 1. The number of nitrogen functional groups attached to an aromatic ring is 1. The van der Waals surface area contributed by atoms with Crippen molar-refractivity contribution in [3.8, 4) is 0 Å². The van der Waals surface area contributed by atoms with Gasteiger partial charge in [-0.2, -0.15) is 0 Å². The largest absolute Gasteiger partial charge is 0.397 e. The zero-order chi connectivity index (χ0) is 10.9. The summed E-state index contributed by atoms with van der Waals surface area (Å²) in [6, 6.07) is 0. The van der Waals surface area contributed by atoms with Gasteiger partial charge in [-0.05, 0) is 22.6 Å². The SMILES string of the molecule is NC(=O)c1c(C(F)F)ncc(I)c1N. The molecule has 1 amide bonds. The van der Waals surface area contributed by atoms with Gasteiger partial charge in [0.05, 0.1) is 14.8 Å². The summed E-state index contributed by atoms with van der Waals surface area (Å²) in [5, 5.41) is 0. The van der Waals surface area contributed by atoms with Gasteiger partial charge in [0.25, 0.3) is 12.3 Å². The number of carbonyl (C=O) groups is 1. The van der Waals surface area contributed by atoms with Crippen LogP contribution in [0.25, 0.3) is 0 Å². The van der Waals surface area contributed by atoms with Gasteiger partial charge in [0.1, 0.15) is 5.69 Å². The topological polar surface area (TPSA) is 82.0 Å². The smallest absolute Gasteiger partial charge is 0.281 e. The Labute approximate surface area is 91.8 Å². The summed E-state index contributed by atoms with van der Waals surface area (Å²) in [5.74, 6) is -0.996. The molecule has 0 fully saturated rings. The van der Waals surface area contributed by atoms with Crippen LogP contribution in [0.1, 0.15) is 22.5 Å². The molecule has 4 N–H and O–H groups in total. The van der Waals surface area contributed by atoms with E-state index >= 15 is 0 Å². The number of pyridine rings is 1. The highest BCUT2D eigenvalue weighted by Crippen LogP contribution is 2.27. The third kappa shape index (κ3) is 1.91. The van der Waals surface area contributed by atoms with Gasteiger partial charge in [0.2, 0.25) is 0 Å². The van der Waals surface area contributed by atoms with E-state index in [1.165, 1.54) is 6.20 Å². The zero-order valence-electron chi connectivity index (χ0n) is 6.80. The van der Waals surface area contributed by atoms with Crippen molar-refractivity contribution < 1.29 is 13.6 Å². The van der Waals surface area contributed by atoms with E-state index in [1.807, 2.05) is 0 Å².